The quantitative estimate of drug-likeness (QED) is 0.828. The number of carbonyl (C=O) groups is 1. The van der Waals surface area contributed by atoms with E-state index in [2.05, 4.69) is 5.32 Å². The second kappa shape index (κ2) is 7.71. The molecule has 28 heavy (non-hydrogen) atoms. The molecule has 1 aliphatic heterocycles. The molecule has 8 heteroatoms. The first-order valence-electron chi connectivity index (χ1n) is 8.94. The first-order valence-corrected chi connectivity index (χ1v) is 10.8. The van der Waals surface area contributed by atoms with Crippen LogP contribution in [0.25, 0.3) is 0 Å². The lowest BCUT2D eigenvalue weighted by Crippen LogP contribution is -2.45. The molecule has 3 rings (SSSR count). The lowest BCUT2D eigenvalue weighted by Gasteiger charge is -2.30. The molecule has 0 spiro atoms. The van der Waals surface area contributed by atoms with E-state index >= 15 is 0 Å². The molecule has 0 saturated carbocycles. The van der Waals surface area contributed by atoms with Gasteiger partial charge in [0.05, 0.1) is 11.9 Å². The van der Waals surface area contributed by atoms with Crippen molar-refractivity contribution in [2.24, 2.45) is 0 Å². The summed E-state index contributed by atoms with van der Waals surface area (Å²) in [7, 11) is -3.68. The molecule has 0 fully saturated rings. The number of carbonyl (C=O) groups excluding carboxylic acids is 1. The summed E-state index contributed by atoms with van der Waals surface area (Å²) < 4.78 is 37.1. The Bertz CT molecular complexity index is 1000. The fraction of sp³-hybridized carbons (Fsp3) is 0.350. The summed E-state index contributed by atoms with van der Waals surface area (Å²) in [5, 5.41) is 2.77. The van der Waals surface area contributed by atoms with Crippen molar-refractivity contribution in [1.29, 1.82) is 0 Å². The summed E-state index contributed by atoms with van der Waals surface area (Å²) in [6, 6.07) is 9.65. The van der Waals surface area contributed by atoms with Gasteiger partial charge < -0.3 is 14.8 Å². The Morgan fingerprint density at radius 1 is 1.07 bits per heavy atom. The molecule has 0 aliphatic carbocycles. The van der Waals surface area contributed by atoms with Crippen LogP contribution in [0.15, 0.2) is 36.4 Å². The van der Waals surface area contributed by atoms with Crippen LogP contribution in [-0.2, 0) is 14.8 Å². The molecule has 1 heterocycles. The number of benzene rings is 2. The Morgan fingerprint density at radius 2 is 1.75 bits per heavy atom. The Hall–Kier alpha value is -2.74. The van der Waals surface area contributed by atoms with Crippen molar-refractivity contribution < 1.29 is 22.7 Å². The summed E-state index contributed by atoms with van der Waals surface area (Å²) in [6.07, 6.45) is 1.10. The van der Waals surface area contributed by atoms with Gasteiger partial charge in [-0.1, -0.05) is 12.1 Å². The largest absolute Gasteiger partial charge is 0.486 e. The number of fused-ring (bicyclic) bond motifs is 1. The molecule has 0 saturated heterocycles. The van der Waals surface area contributed by atoms with Crippen molar-refractivity contribution in [1.82, 2.24) is 0 Å². The van der Waals surface area contributed by atoms with Gasteiger partial charge in [-0.05, 0) is 50.1 Å². The van der Waals surface area contributed by atoms with E-state index in [9.17, 15) is 13.2 Å². The van der Waals surface area contributed by atoms with Gasteiger partial charge in [0.2, 0.25) is 15.9 Å². The minimum atomic E-state index is -3.68. The highest BCUT2D eigenvalue weighted by Gasteiger charge is 2.30. The number of hydrogen-bond acceptors (Lipinski definition) is 5. The van der Waals surface area contributed by atoms with E-state index in [1.165, 1.54) is 0 Å². The first kappa shape index (κ1) is 20.0. The normalized spacial score (nSPS) is 14.3. The molecule has 2 aromatic carbocycles. The third kappa shape index (κ3) is 4.22. The molecule has 1 amide bonds. The number of anilines is 2. The molecule has 0 bridgehead atoms. The molecular formula is C20H24N2O5S. The Labute approximate surface area is 165 Å². The monoisotopic (exact) mass is 404 g/mol. The third-order valence-corrected chi connectivity index (χ3v) is 5.73. The Morgan fingerprint density at radius 3 is 2.43 bits per heavy atom. The molecule has 0 aromatic heterocycles. The number of nitrogens with zero attached hydrogens (tertiary/aromatic N) is 1. The molecule has 1 atom stereocenters. The van der Waals surface area contributed by atoms with Crippen LogP contribution in [-0.4, -0.2) is 39.8 Å². The minimum absolute atomic E-state index is 0.440. The van der Waals surface area contributed by atoms with Crippen LogP contribution in [0.4, 0.5) is 11.4 Å². The zero-order valence-corrected chi connectivity index (χ0v) is 17.2. The van der Waals surface area contributed by atoms with Gasteiger partial charge in [0.1, 0.15) is 19.3 Å². The lowest BCUT2D eigenvalue weighted by molar-refractivity contribution is -0.116. The SMILES string of the molecule is Cc1ccc(C)c(N([C@@H](C)C(=O)Nc2ccc3c(c2)OCCO3)S(C)(=O)=O)c1. The van der Waals surface area contributed by atoms with Gasteiger partial charge in [0, 0.05) is 11.8 Å². The highest BCUT2D eigenvalue weighted by atomic mass is 32.2. The highest BCUT2D eigenvalue weighted by Crippen LogP contribution is 2.33. The van der Waals surface area contributed by atoms with Crippen molar-refractivity contribution >= 4 is 27.3 Å². The van der Waals surface area contributed by atoms with Crippen LogP contribution in [0.1, 0.15) is 18.1 Å². The molecule has 2 aromatic rings. The molecule has 7 nitrogen and oxygen atoms in total. The van der Waals surface area contributed by atoms with E-state index in [4.69, 9.17) is 9.47 Å². The fourth-order valence-electron chi connectivity index (χ4n) is 3.11. The molecule has 1 N–H and O–H groups in total. The first-order chi connectivity index (χ1) is 13.2. The van der Waals surface area contributed by atoms with Gasteiger partial charge in [0.15, 0.2) is 11.5 Å². The van der Waals surface area contributed by atoms with Crippen molar-refractivity contribution in [3.05, 3.63) is 47.5 Å². The van der Waals surface area contributed by atoms with Crippen molar-refractivity contribution in [2.45, 2.75) is 26.8 Å². The van der Waals surface area contributed by atoms with E-state index in [-0.39, 0.29) is 0 Å². The standard InChI is InChI=1S/C20H24N2O5S/c1-13-5-6-14(2)17(11-13)22(28(4,24)25)15(3)20(23)21-16-7-8-18-19(12-16)27-10-9-26-18/h5-8,11-12,15H,9-10H2,1-4H3,(H,21,23)/t15-/m0/s1. The maximum atomic E-state index is 12.8. The van der Waals surface area contributed by atoms with Crippen molar-refractivity contribution in [2.75, 3.05) is 29.1 Å². The number of rotatable bonds is 5. The second-order valence-corrected chi connectivity index (χ2v) is 8.73. The lowest BCUT2D eigenvalue weighted by atomic mass is 10.1. The van der Waals surface area contributed by atoms with Gasteiger partial charge in [-0.25, -0.2) is 8.42 Å². The van der Waals surface area contributed by atoms with Gasteiger partial charge in [-0.2, -0.15) is 0 Å². The van der Waals surface area contributed by atoms with Gasteiger partial charge in [0.25, 0.3) is 0 Å². The van der Waals surface area contributed by atoms with Crippen LogP contribution < -0.4 is 19.1 Å². The third-order valence-electron chi connectivity index (χ3n) is 4.50. The van der Waals surface area contributed by atoms with Crippen molar-refractivity contribution in [3.63, 3.8) is 0 Å². The van der Waals surface area contributed by atoms with E-state index < -0.39 is 22.0 Å². The Balaban J connectivity index is 1.88. The molecule has 150 valence electrons. The van der Waals surface area contributed by atoms with E-state index in [1.54, 1.807) is 31.2 Å². The Kier molecular flexibility index (Phi) is 5.51. The smallest absolute Gasteiger partial charge is 0.247 e. The number of amides is 1. The van der Waals surface area contributed by atoms with Crippen LogP contribution in [0, 0.1) is 13.8 Å². The summed E-state index contributed by atoms with van der Waals surface area (Å²) in [5.41, 5.74) is 2.69. The predicted molar refractivity (Wildman–Crippen MR) is 109 cm³/mol. The minimum Gasteiger partial charge on any atom is -0.486 e. The molecule has 1 aliphatic rings. The maximum absolute atomic E-state index is 12.8. The predicted octanol–water partition coefficient (Wildman–Crippen LogP) is 2.87. The average molecular weight is 404 g/mol. The van der Waals surface area contributed by atoms with E-state index in [0.29, 0.717) is 36.1 Å². The average Bonchev–Trinajstić information content (AvgIpc) is 2.63. The second-order valence-electron chi connectivity index (χ2n) is 6.87. The van der Waals surface area contributed by atoms with Crippen LogP contribution in [0.5, 0.6) is 11.5 Å². The van der Waals surface area contributed by atoms with E-state index in [1.807, 2.05) is 26.0 Å². The summed E-state index contributed by atoms with van der Waals surface area (Å²) in [6.45, 7) is 6.18. The van der Waals surface area contributed by atoms with Crippen LogP contribution in [0.2, 0.25) is 0 Å². The van der Waals surface area contributed by atoms with Gasteiger partial charge >= 0.3 is 0 Å². The topological polar surface area (TPSA) is 84.9 Å². The highest BCUT2D eigenvalue weighted by molar-refractivity contribution is 7.92. The number of nitrogens with one attached hydrogen (secondary N) is 1. The fourth-order valence-corrected chi connectivity index (χ4v) is 4.33. The summed E-state index contributed by atoms with van der Waals surface area (Å²) in [4.78, 5) is 12.8. The van der Waals surface area contributed by atoms with Crippen LogP contribution >= 0.6 is 0 Å². The molecular weight excluding hydrogens is 380 g/mol. The molecule has 0 unspecified atom stereocenters. The van der Waals surface area contributed by atoms with Crippen molar-refractivity contribution in [3.8, 4) is 11.5 Å². The van der Waals surface area contributed by atoms with Crippen LogP contribution in [0.3, 0.4) is 0 Å². The number of ether oxygens (including phenoxy) is 2. The van der Waals surface area contributed by atoms with Gasteiger partial charge in [-0.15, -0.1) is 0 Å². The summed E-state index contributed by atoms with van der Waals surface area (Å²) in [5.74, 6) is 0.722. The zero-order chi connectivity index (χ0) is 20.5. The molecule has 0 radical (unpaired) electrons. The maximum Gasteiger partial charge on any atom is 0.247 e. The number of sulfonamides is 1. The van der Waals surface area contributed by atoms with Gasteiger partial charge in [-0.3, -0.25) is 9.10 Å². The van der Waals surface area contributed by atoms with E-state index in [0.717, 1.165) is 21.7 Å². The number of aryl methyl sites for hydroxylation is 2. The number of hydrogen-bond donors (Lipinski definition) is 1. The zero-order valence-electron chi connectivity index (χ0n) is 16.4. The summed E-state index contributed by atoms with van der Waals surface area (Å²) >= 11 is 0.